The van der Waals surface area contributed by atoms with Crippen LogP contribution in [0.1, 0.15) is 0 Å². The van der Waals surface area contributed by atoms with Gasteiger partial charge in [0.15, 0.2) is 0 Å². The second-order valence-corrected chi connectivity index (χ2v) is 13.7. The van der Waals surface area contributed by atoms with E-state index in [1.165, 1.54) is 21.2 Å². The summed E-state index contributed by atoms with van der Waals surface area (Å²) in [6.07, 6.45) is 3.58. The quantitative estimate of drug-likeness (QED) is 0.134. The Morgan fingerprint density at radius 1 is 0.405 bits per heavy atom. The van der Waals surface area contributed by atoms with Gasteiger partial charge in [0.25, 0.3) is 0 Å². The molecule has 0 bridgehead atoms. The van der Waals surface area contributed by atoms with Crippen molar-refractivity contribution in [3.8, 4) is 0 Å². The molecule has 0 aliphatic rings. The van der Waals surface area contributed by atoms with Gasteiger partial charge in [0.1, 0.15) is 0 Å². The number of benzene rings is 4. The van der Waals surface area contributed by atoms with Crippen LogP contribution in [0.5, 0.6) is 0 Å². The van der Waals surface area contributed by atoms with Crippen LogP contribution in [0.15, 0.2) is 158 Å². The van der Waals surface area contributed by atoms with Crippen LogP contribution < -0.4 is 32.1 Å². The van der Waals surface area contributed by atoms with E-state index in [9.17, 15) is 0 Å². The SMILES string of the molecule is Clc1ccnc(P(c2ccccc2)c2ccccc2)c1Cl.[Pd].[Pd].c1ccc(P(c2ccccc2)c2ccccn2)cc1. The van der Waals surface area contributed by atoms with Crippen molar-refractivity contribution < 1.29 is 40.8 Å². The number of aromatic nitrogens is 2. The maximum Gasteiger partial charge on any atom is 0.0921 e. The van der Waals surface area contributed by atoms with Crippen molar-refractivity contribution in [1.29, 1.82) is 0 Å². The number of hydrogen-bond donors (Lipinski definition) is 0. The van der Waals surface area contributed by atoms with E-state index in [1.54, 1.807) is 12.3 Å². The van der Waals surface area contributed by atoms with Crippen molar-refractivity contribution in [3.63, 3.8) is 0 Å². The van der Waals surface area contributed by atoms with Crippen molar-refractivity contribution in [1.82, 2.24) is 9.97 Å². The van der Waals surface area contributed by atoms with Crippen molar-refractivity contribution in [3.05, 3.63) is 168 Å². The fourth-order valence-corrected chi connectivity index (χ4v) is 9.16. The van der Waals surface area contributed by atoms with E-state index >= 15 is 0 Å². The van der Waals surface area contributed by atoms with Gasteiger partial charge in [-0.05, 0) is 39.4 Å². The van der Waals surface area contributed by atoms with Gasteiger partial charge in [-0.15, -0.1) is 0 Å². The number of halogens is 2. The van der Waals surface area contributed by atoms with Crippen LogP contribution in [0, 0.1) is 0 Å². The minimum absolute atomic E-state index is 0. The fraction of sp³-hybridized carbons (Fsp3) is 0. The predicted octanol–water partition coefficient (Wildman–Crippen LogP) is 6.98. The third kappa shape index (κ3) is 8.98. The first-order valence-corrected chi connectivity index (χ1v) is 16.2. The molecule has 6 rings (SSSR count). The molecule has 0 atom stereocenters. The summed E-state index contributed by atoms with van der Waals surface area (Å²) < 4.78 is 0. The Bertz CT molecular complexity index is 1480. The van der Waals surface area contributed by atoms with Crippen molar-refractivity contribution >= 4 is 71.1 Å². The number of nitrogens with zero attached hydrogens (tertiary/aromatic N) is 2. The summed E-state index contributed by atoms with van der Waals surface area (Å²) in [5.41, 5.74) is 1.99. The normalized spacial score (nSPS) is 10.2. The summed E-state index contributed by atoms with van der Waals surface area (Å²) in [5, 5.41) is 6.16. The molecule has 4 aromatic carbocycles. The van der Waals surface area contributed by atoms with E-state index in [0.29, 0.717) is 10.0 Å². The molecule has 0 saturated heterocycles. The predicted molar refractivity (Wildman–Crippen MR) is 176 cm³/mol. The zero-order valence-corrected chi connectivity index (χ0v) is 28.6. The van der Waals surface area contributed by atoms with Gasteiger partial charge in [0, 0.05) is 69.1 Å². The number of pyridine rings is 2. The Balaban J connectivity index is 0.000000221. The average molecular weight is 808 g/mol. The van der Waals surface area contributed by atoms with Gasteiger partial charge < -0.3 is 0 Å². The minimum atomic E-state index is -0.811. The summed E-state index contributed by atoms with van der Waals surface area (Å²) in [5.74, 6) is 0. The Kier molecular flexibility index (Phi) is 14.7. The van der Waals surface area contributed by atoms with E-state index in [4.69, 9.17) is 23.2 Å². The molecule has 0 saturated carbocycles. The average Bonchev–Trinajstić information content (AvgIpc) is 3.03. The van der Waals surface area contributed by atoms with Crippen LogP contribution in [0.4, 0.5) is 0 Å². The smallest absolute Gasteiger partial charge is 0.0921 e. The molecule has 0 aliphatic heterocycles. The van der Waals surface area contributed by atoms with Gasteiger partial charge >= 0.3 is 0 Å². The van der Waals surface area contributed by atoms with Gasteiger partial charge in [-0.3, -0.25) is 9.97 Å². The number of hydrogen-bond acceptors (Lipinski definition) is 2. The zero-order valence-electron chi connectivity index (χ0n) is 22.2. The molecule has 216 valence electrons. The van der Waals surface area contributed by atoms with E-state index in [0.717, 1.165) is 10.9 Å². The van der Waals surface area contributed by atoms with Crippen LogP contribution in [0.2, 0.25) is 10.0 Å². The second kappa shape index (κ2) is 17.9. The van der Waals surface area contributed by atoms with Gasteiger partial charge in [-0.1, -0.05) is 151 Å². The first-order valence-electron chi connectivity index (χ1n) is 12.7. The summed E-state index contributed by atoms with van der Waals surface area (Å²) >= 11 is 12.6. The Morgan fingerprint density at radius 2 is 0.810 bits per heavy atom. The second-order valence-electron chi connectivity index (χ2n) is 8.63. The van der Waals surface area contributed by atoms with E-state index in [-0.39, 0.29) is 40.8 Å². The molecule has 0 spiro atoms. The van der Waals surface area contributed by atoms with Gasteiger partial charge in [0.05, 0.1) is 20.9 Å². The van der Waals surface area contributed by atoms with Crippen LogP contribution in [0.25, 0.3) is 0 Å². The molecule has 6 aromatic rings. The van der Waals surface area contributed by atoms with E-state index < -0.39 is 15.8 Å². The molecule has 2 nitrogen and oxygen atoms in total. The summed E-state index contributed by atoms with van der Waals surface area (Å²) in [6, 6.07) is 49.7. The van der Waals surface area contributed by atoms with E-state index in [1.807, 2.05) is 48.7 Å². The third-order valence-electron chi connectivity index (χ3n) is 5.97. The largest absolute Gasteiger partial charge is 0.256 e. The molecule has 0 aliphatic carbocycles. The van der Waals surface area contributed by atoms with E-state index in [2.05, 4.69) is 107 Å². The maximum atomic E-state index is 6.41. The summed E-state index contributed by atoms with van der Waals surface area (Å²) in [7, 11) is -1.37. The van der Waals surface area contributed by atoms with Gasteiger partial charge in [-0.25, -0.2) is 0 Å². The first kappa shape index (κ1) is 34.4. The molecule has 0 radical (unpaired) electrons. The first-order chi connectivity index (χ1) is 19.7. The maximum absolute atomic E-state index is 6.41. The standard InChI is InChI=1S/C17H12Cl2NP.C17H14NP.2Pd/c18-15-11-12-20-17(16(15)19)21(13-7-3-1-4-8-13)14-9-5-2-6-10-14;1-3-9-15(10-4-1)19(16-11-5-2-6-12-16)17-13-7-8-14-18-17;;/h1-12H;1-14H;;. The van der Waals surface area contributed by atoms with Crippen LogP contribution >= 0.6 is 39.0 Å². The molecule has 0 N–H and O–H groups in total. The van der Waals surface area contributed by atoms with Crippen molar-refractivity contribution in [2.75, 3.05) is 0 Å². The molecule has 2 heterocycles. The molecule has 0 amide bonds. The fourth-order valence-electron chi connectivity index (χ4n) is 4.17. The van der Waals surface area contributed by atoms with Gasteiger partial charge in [-0.2, -0.15) is 0 Å². The van der Waals surface area contributed by atoms with Gasteiger partial charge in [0.2, 0.25) is 0 Å². The Labute approximate surface area is 287 Å². The molecular weight excluding hydrogens is 782 g/mol. The van der Waals surface area contributed by atoms with Crippen molar-refractivity contribution in [2.24, 2.45) is 0 Å². The molecule has 0 fully saturated rings. The zero-order chi connectivity index (χ0) is 27.6. The summed E-state index contributed by atoms with van der Waals surface area (Å²) in [4.78, 5) is 9.07. The van der Waals surface area contributed by atoms with Crippen LogP contribution in [-0.4, -0.2) is 9.97 Å². The van der Waals surface area contributed by atoms with Crippen LogP contribution in [0.3, 0.4) is 0 Å². The number of rotatable bonds is 6. The molecule has 2 aromatic heterocycles. The topological polar surface area (TPSA) is 25.8 Å². The Morgan fingerprint density at radius 3 is 1.21 bits per heavy atom. The monoisotopic (exact) mass is 806 g/mol. The minimum Gasteiger partial charge on any atom is -0.256 e. The van der Waals surface area contributed by atoms with Crippen molar-refractivity contribution in [2.45, 2.75) is 0 Å². The molecule has 42 heavy (non-hydrogen) atoms. The summed E-state index contributed by atoms with van der Waals surface area (Å²) in [6.45, 7) is 0. The van der Waals surface area contributed by atoms with Crippen LogP contribution in [-0.2, 0) is 40.8 Å². The Hall–Kier alpha value is -2.06. The molecule has 8 heteroatoms. The molecule has 0 unspecified atom stereocenters. The third-order valence-corrected chi connectivity index (χ3v) is 11.6. The molecular formula is C34H26Cl2N2P2Pd2.